The smallest absolute Gasteiger partial charge is 0.0485 e. The topological polar surface area (TPSA) is 16.4 Å². The number of aryl methyl sites for hydroxylation is 2. The minimum atomic E-state index is 0. The normalized spacial score (nSPS) is 18.8. The lowest BCUT2D eigenvalue weighted by Crippen LogP contribution is -2.21. The van der Waals surface area contributed by atoms with Gasteiger partial charge in [0.25, 0.3) is 0 Å². The minimum Gasteiger partial charge on any atom is -0.320 e. The molecule has 0 saturated carbocycles. The molecule has 1 N–H and O–H groups in total. The van der Waals surface area contributed by atoms with Crippen molar-refractivity contribution in [2.75, 3.05) is 7.05 Å². The molecule has 2 nitrogen and oxygen atoms in total. The zero-order chi connectivity index (χ0) is 11.1. The second-order valence-corrected chi connectivity index (χ2v) is 4.67. The summed E-state index contributed by atoms with van der Waals surface area (Å²) in [5.41, 5.74) is 5.88. The summed E-state index contributed by atoms with van der Waals surface area (Å²) in [6.07, 6.45) is 5.96. The molecule has 0 bridgehead atoms. The number of pyridine rings is 1. The number of hydrogen-bond donors (Lipinski definition) is 1. The molecule has 0 aromatic carbocycles. The Hall–Kier alpha value is -0.990. The Labute approximate surface area is 108 Å². The average molecular weight is 251 g/mol. The summed E-state index contributed by atoms with van der Waals surface area (Å²) in [6.45, 7) is 2.25. The van der Waals surface area contributed by atoms with Crippen molar-refractivity contribution in [2.45, 2.75) is 32.2 Å². The van der Waals surface area contributed by atoms with Crippen LogP contribution in [0.5, 0.6) is 0 Å². The first-order valence-electron chi connectivity index (χ1n) is 6.08. The van der Waals surface area contributed by atoms with Gasteiger partial charge in [0.15, 0.2) is 0 Å². The van der Waals surface area contributed by atoms with Gasteiger partial charge in [0.1, 0.15) is 0 Å². The van der Waals surface area contributed by atoms with Crippen molar-refractivity contribution in [1.82, 2.24) is 9.72 Å². The van der Waals surface area contributed by atoms with Crippen LogP contribution in [-0.2, 0) is 6.42 Å². The van der Waals surface area contributed by atoms with Crippen LogP contribution in [-0.4, -0.2) is 11.4 Å². The van der Waals surface area contributed by atoms with Crippen LogP contribution in [0.25, 0.3) is 5.52 Å². The van der Waals surface area contributed by atoms with Crippen molar-refractivity contribution in [2.24, 2.45) is 0 Å². The lowest BCUT2D eigenvalue weighted by atomic mass is 9.90. The Balaban J connectivity index is 0.00000108. The highest BCUT2D eigenvalue weighted by atomic mass is 35.5. The molecule has 0 radical (unpaired) electrons. The van der Waals surface area contributed by atoms with E-state index in [1.54, 1.807) is 5.56 Å². The fourth-order valence-corrected chi connectivity index (χ4v) is 3.09. The van der Waals surface area contributed by atoms with Gasteiger partial charge in [0.05, 0.1) is 0 Å². The maximum Gasteiger partial charge on any atom is 0.0485 e. The molecule has 17 heavy (non-hydrogen) atoms. The van der Waals surface area contributed by atoms with Crippen LogP contribution in [0.15, 0.2) is 24.4 Å². The number of fused-ring (bicyclic) bond motifs is 3. The molecule has 1 atom stereocenters. The van der Waals surface area contributed by atoms with Crippen LogP contribution in [0, 0.1) is 6.92 Å². The molecule has 3 heteroatoms. The van der Waals surface area contributed by atoms with Gasteiger partial charge >= 0.3 is 0 Å². The number of nitrogens with one attached hydrogen (secondary N) is 1. The fraction of sp³-hybridized carbons (Fsp3) is 0.429. The molecule has 92 valence electrons. The highest BCUT2D eigenvalue weighted by molar-refractivity contribution is 5.85. The summed E-state index contributed by atoms with van der Waals surface area (Å²) >= 11 is 0. The summed E-state index contributed by atoms with van der Waals surface area (Å²) in [6, 6.07) is 7.02. The Kier molecular flexibility index (Phi) is 3.45. The van der Waals surface area contributed by atoms with Gasteiger partial charge in [-0.1, -0.05) is 6.07 Å². The first kappa shape index (κ1) is 12.5. The lowest BCUT2D eigenvalue weighted by molar-refractivity contribution is 0.490. The molecule has 0 amide bonds. The van der Waals surface area contributed by atoms with Gasteiger partial charge < -0.3 is 9.72 Å². The van der Waals surface area contributed by atoms with Gasteiger partial charge in [0.2, 0.25) is 0 Å². The van der Waals surface area contributed by atoms with E-state index in [2.05, 4.69) is 48.1 Å². The molecular formula is C14H19ClN2. The van der Waals surface area contributed by atoms with Crippen molar-refractivity contribution < 1.29 is 0 Å². The maximum atomic E-state index is 3.45. The number of aromatic nitrogens is 1. The number of rotatable bonds is 1. The summed E-state index contributed by atoms with van der Waals surface area (Å²) in [7, 11) is 2.07. The van der Waals surface area contributed by atoms with E-state index in [-0.39, 0.29) is 12.4 Å². The minimum absolute atomic E-state index is 0. The third kappa shape index (κ3) is 1.76. The second-order valence-electron chi connectivity index (χ2n) is 4.67. The average Bonchev–Trinajstić information content (AvgIpc) is 2.64. The summed E-state index contributed by atoms with van der Waals surface area (Å²) in [4.78, 5) is 0. The van der Waals surface area contributed by atoms with Crippen molar-refractivity contribution in [3.63, 3.8) is 0 Å². The van der Waals surface area contributed by atoms with E-state index < -0.39 is 0 Å². The van der Waals surface area contributed by atoms with Gasteiger partial charge in [-0.15, -0.1) is 12.4 Å². The van der Waals surface area contributed by atoms with Crippen LogP contribution < -0.4 is 5.32 Å². The van der Waals surface area contributed by atoms with Crippen LogP contribution >= 0.6 is 12.4 Å². The highest BCUT2D eigenvalue weighted by Crippen LogP contribution is 2.35. The van der Waals surface area contributed by atoms with Crippen molar-refractivity contribution >= 4 is 17.9 Å². The predicted octanol–water partition coefficient (Wildman–Crippen LogP) is 3.27. The molecule has 0 aliphatic heterocycles. The largest absolute Gasteiger partial charge is 0.320 e. The molecule has 1 unspecified atom stereocenters. The second kappa shape index (κ2) is 4.71. The molecule has 1 aliphatic rings. The third-order valence-electron chi connectivity index (χ3n) is 3.85. The number of nitrogens with zero attached hydrogens (tertiary/aromatic N) is 1. The van der Waals surface area contributed by atoms with Gasteiger partial charge in [0, 0.05) is 23.4 Å². The van der Waals surface area contributed by atoms with E-state index in [4.69, 9.17) is 0 Å². The lowest BCUT2D eigenvalue weighted by Gasteiger charge is -2.23. The molecule has 2 aromatic rings. The highest BCUT2D eigenvalue weighted by Gasteiger charge is 2.24. The summed E-state index contributed by atoms with van der Waals surface area (Å²) in [5.74, 6) is 0. The first-order chi connectivity index (χ1) is 7.83. The quantitative estimate of drug-likeness (QED) is 0.822. The van der Waals surface area contributed by atoms with Crippen molar-refractivity contribution in [3.8, 4) is 0 Å². The van der Waals surface area contributed by atoms with Gasteiger partial charge in [-0.25, -0.2) is 0 Å². The first-order valence-corrected chi connectivity index (χ1v) is 6.08. The van der Waals surface area contributed by atoms with E-state index in [0.717, 1.165) is 0 Å². The fourth-order valence-electron chi connectivity index (χ4n) is 3.09. The third-order valence-corrected chi connectivity index (χ3v) is 3.85. The zero-order valence-electron chi connectivity index (χ0n) is 10.4. The Morgan fingerprint density at radius 2 is 2.18 bits per heavy atom. The van der Waals surface area contributed by atoms with Crippen molar-refractivity contribution in [3.05, 3.63) is 41.2 Å². The Morgan fingerprint density at radius 3 is 2.94 bits per heavy atom. The number of hydrogen-bond acceptors (Lipinski definition) is 1. The molecular weight excluding hydrogens is 232 g/mol. The zero-order valence-corrected chi connectivity index (χ0v) is 11.2. The molecule has 2 aromatic heterocycles. The number of halogens is 1. The maximum absolute atomic E-state index is 3.45. The molecule has 0 spiro atoms. The molecule has 0 fully saturated rings. The van der Waals surface area contributed by atoms with Crippen LogP contribution in [0.2, 0.25) is 0 Å². The van der Waals surface area contributed by atoms with Crippen LogP contribution in [0.1, 0.15) is 35.7 Å². The van der Waals surface area contributed by atoms with Gasteiger partial charge in [-0.05, 0) is 56.5 Å². The van der Waals surface area contributed by atoms with Gasteiger partial charge in [-0.2, -0.15) is 0 Å². The molecule has 1 aliphatic carbocycles. The van der Waals surface area contributed by atoms with E-state index in [1.165, 1.54) is 36.0 Å². The van der Waals surface area contributed by atoms with E-state index in [1.807, 2.05) is 0 Å². The SMILES string of the molecule is CNC1CCCc2c1c(C)c1ccccn21.Cl. The van der Waals surface area contributed by atoms with Crippen LogP contribution in [0.3, 0.4) is 0 Å². The van der Waals surface area contributed by atoms with Gasteiger partial charge in [-0.3, -0.25) is 0 Å². The Bertz CT molecular complexity index is 530. The molecule has 2 heterocycles. The van der Waals surface area contributed by atoms with E-state index >= 15 is 0 Å². The van der Waals surface area contributed by atoms with Crippen LogP contribution in [0.4, 0.5) is 0 Å². The van der Waals surface area contributed by atoms with E-state index in [9.17, 15) is 0 Å². The molecule has 3 rings (SSSR count). The summed E-state index contributed by atoms with van der Waals surface area (Å²) < 4.78 is 2.37. The predicted molar refractivity (Wildman–Crippen MR) is 74.1 cm³/mol. The van der Waals surface area contributed by atoms with Crippen molar-refractivity contribution in [1.29, 1.82) is 0 Å². The summed E-state index contributed by atoms with van der Waals surface area (Å²) in [5, 5.41) is 3.45. The standard InChI is InChI=1S/C14H18N2.ClH/c1-10-12-7-3-4-9-16(12)13-8-5-6-11(15-2)14(10)13;/h3-4,7,9,11,15H,5-6,8H2,1-2H3;1H. The monoisotopic (exact) mass is 250 g/mol. The Morgan fingerprint density at radius 1 is 1.35 bits per heavy atom. The van der Waals surface area contributed by atoms with E-state index in [0.29, 0.717) is 6.04 Å². The molecule has 0 saturated heterocycles.